The number of phenolic OH excluding ortho intramolecular Hbond substituents is 1. The first-order chi connectivity index (χ1) is 17.1. The van der Waals surface area contributed by atoms with Gasteiger partial charge in [0.15, 0.2) is 17.1 Å². The topological polar surface area (TPSA) is 220 Å². The summed E-state index contributed by atoms with van der Waals surface area (Å²) in [6, 6.07) is -0.665. The number of phenols is 1. The van der Waals surface area contributed by atoms with Gasteiger partial charge in [-0.05, 0) is 44.5 Å². The molecule has 0 aromatic heterocycles. The van der Waals surface area contributed by atoms with Crippen LogP contribution in [-0.4, -0.2) is 88.7 Å². The Morgan fingerprint density at radius 1 is 1.11 bits per heavy atom. The van der Waals surface area contributed by atoms with Crippen molar-refractivity contribution in [3.63, 3.8) is 0 Å². The van der Waals surface area contributed by atoms with Gasteiger partial charge >= 0.3 is 6.03 Å². The highest BCUT2D eigenvalue weighted by atomic mass is 16.3. The summed E-state index contributed by atoms with van der Waals surface area (Å²) >= 11 is 0. The minimum atomic E-state index is -2.73. The number of nitrogens with zero attached hydrogens (tertiary/aromatic N) is 2. The first-order valence-corrected chi connectivity index (χ1v) is 11.4. The van der Waals surface area contributed by atoms with Crippen LogP contribution in [0.25, 0.3) is 5.76 Å². The molecular formula is C24H29N5O8. The number of carbonyl (C=O) groups excluding carboxylic acids is 4. The summed E-state index contributed by atoms with van der Waals surface area (Å²) in [7, 11) is 6.47. The SMILES string of the molecule is CN(C)c1cc(NC(N)=O)c(O)c2c1CC1CC3[C@H](N(C)C)C(=O)C(C(N)=O)=C(O)C3(O)C(=O)C1=C2O. The molecule has 13 nitrogen and oxygen atoms in total. The van der Waals surface area contributed by atoms with Crippen LogP contribution in [0.3, 0.4) is 0 Å². The van der Waals surface area contributed by atoms with Crippen molar-refractivity contribution in [2.75, 3.05) is 38.4 Å². The Balaban J connectivity index is 2.01. The summed E-state index contributed by atoms with van der Waals surface area (Å²) in [5.74, 6) is -7.50. The number of aliphatic hydroxyl groups excluding tert-OH is 2. The third-order valence-corrected chi connectivity index (χ3v) is 7.44. The predicted octanol–water partition coefficient (Wildman–Crippen LogP) is -0.479. The van der Waals surface area contributed by atoms with Crippen molar-refractivity contribution in [3.05, 3.63) is 34.1 Å². The highest BCUT2D eigenvalue weighted by Crippen LogP contribution is 2.54. The molecule has 1 aromatic carbocycles. The fourth-order valence-corrected chi connectivity index (χ4v) is 5.92. The number of carbonyl (C=O) groups is 4. The van der Waals surface area contributed by atoms with E-state index in [-0.39, 0.29) is 29.7 Å². The van der Waals surface area contributed by atoms with Gasteiger partial charge in [-0.25, -0.2) is 4.79 Å². The fraction of sp³-hybridized carbons (Fsp3) is 0.417. The lowest BCUT2D eigenvalue weighted by molar-refractivity contribution is -0.153. The maximum Gasteiger partial charge on any atom is 0.316 e. The Hall–Kier alpha value is -4.10. The number of fused-ring (bicyclic) bond motifs is 3. The van der Waals surface area contributed by atoms with Gasteiger partial charge in [0.05, 0.1) is 17.3 Å². The molecule has 0 saturated heterocycles. The van der Waals surface area contributed by atoms with Gasteiger partial charge in [-0.15, -0.1) is 0 Å². The van der Waals surface area contributed by atoms with Gasteiger partial charge in [0.1, 0.15) is 17.1 Å². The maximum absolute atomic E-state index is 13.9. The summed E-state index contributed by atoms with van der Waals surface area (Å²) in [6.45, 7) is 0. The molecule has 9 N–H and O–H groups in total. The van der Waals surface area contributed by atoms with Gasteiger partial charge in [-0.3, -0.25) is 19.3 Å². The van der Waals surface area contributed by atoms with E-state index in [1.807, 2.05) is 0 Å². The molecule has 3 aliphatic rings. The first-order valence-electron chi connectivity index (χ1n) is 11.4. The third kappa shape index (κ3) is 3.53. The second kappa shape index (κ2) is 8.49. The van der Waals surface area contributed by atoms with Crippen LogP contribution in [0.4, 0.5) is 16.2 Å². The van der Waals surface area contributed by atoms with Crippen LogP contribution in [0.15, 0.2) is 23.0 Å². The van der Waals surface area contributed by atoms with Crippen LogP contribution in [0, 0.1) is 11.8 Å². The molecule has 0 aliphatic heterocycles. The summed E-state index contributed by atoms with van der Waals surface area (Å²) < 4.78 is 0. The number of nitrogens with one attached hydrogen (secondary N) is 1. The molecule has 3 amide bonds. The number of likely N-dealkylation sites (N-methyl/N-ethyl adjacent to an activating group) is 1. The molecule has 0 radical (unpaired) electrons. The summed E-state index contributed by atoms with van der Waals surface area (Å²) in [4.78, 5) is 53.6. The van der Waals surface area contributed by atoms with Crippen LogP contribution in [0.5, 0.6) is 5.75 Å². The number of amides is 3. The smallest absolute Gasteiger partial charge is 0.316 e. The molecule has 4 atom stereocenters. The van der Waals surface area contributed by atoms with Crippen molar-refractivity contribution >= 4 is 40.6 Å². The lowest BCUT2D eigenvalue weighted by Crippen LogP contribution is -2.65. The van der Waals surface area contributed by atoms with Gasteiger partial charge in [0.25, 0.3) is 5.91 Å². The number of benzene rings is 1. The Morgan fingerprint density at radius 3 is 2.24 bits per heavy atom. The Labute approximate surface area is 211 Å². The Kier molecular flexibility index (Phi) is 5.96. The molecular weight excluding hydrogens is 486 g/mol. The molecule has 0 spiro atoms. The van der Waals surface area contributed by atoms with Crippen molar-refractivity contribution in [1.29, 1.82) is 0 Å². The molecule has 1 saturated carbocycles. The molecule has 1 aromatic rings. The summed E-state index contributed by atoms with van der Waals surface area (Å²) in [6.07, 6.45) is 0.0904. The van der Waals surface area contributed by atoms with Crippen LogP contribution >= 0.6 is 0 Å². The van der Waals surface area contributed by atoms with E-state index >= 15 is 0 Å². The Bertz CT molecular complexity index is 1330. The predicted molar refractivity (Wildman–Crippen MR) is 132 cm³/mol. The number of nitrogens with two attached hydrogens (primary N) is 2. The molecule has 13 heteroatoms. The number of anilines is 2. The van der Waals surface area contributed by atoms with E-state index in [9.17, 15) is 39.6 Å². The van der Waals surface area contributed by atoms with E-state index in [4.69, 9.17) is 11.5 Å². The molecule has 37 heavy (non-hydrogen) atoms. The van der Waals surface area contributed by atoms with Crippen LogP contribution < -0.4 is 21.7 Å². The highest BCUT2D eigenvalue weighted by molar-refractivity contribution is 6.24. The minimum absolute atomic E-state index is 0.0271. The van der Waals surface area contributed by atoms with E-state index in [1.54, 1.807) is 19.0 Å². The Morgan fingerprint density at radius 2 is 1.73 bits per heavy atom. The molecule has 4 rings (SSSR count). The minimum Gasteiger partial charge on any atom is -0.508 e. The normalized spacial score (nSPS) is 27.0. The second-order valence-corrected chi connectivity index (χ2v) is 9.99. The lowest BCUT2D eigenvalue weighted by atomic mass is 9.57. The number of hydrogen-bond acceptors (Lipinski definition) is 10. The summed E-state index contributed by atoms with van der Waals surface area (Å²) in [5, 5.41) is 47.0. The van der Waals surface area contributed by atoms with E-state index in [0.717, 1.165) is 0 Å². The molecule has 0 heterocycles. The van der Waals surface area contributed by atoms with Crippen molar-refractivity contribution < 1.29 is 39.6 Å². The van der Waals surface area contributed by atoms with Crippen molar-refractivity contribution in [2.45, 2.75) is 24.5 Å². The van der Waals surface area contributed by atoms with Gasteiger partial charge in [-0.2, -0.15) is 0 Å². The van der Waals surface area contributed by atoms with E-state index < -0.39 is 69.8 Å². The average molecular weight is 516 g/mol. The molecule has 0 bridgehead atoms. The number of Topliss-reactive ketones (excluding diaryl/α,β-unsaturated/α-hetero) is 2. The van der Waals surface area contributed by atoms with E-state index in [0.29, 0.717) is 11.3 Å². The number of ketones is 2. The van der Waals surface area contributed by atoms with Crippen molar-refractivity contribution in [2.24, 2.45) is 23.3 Å². The van der Waals surface area contributed by atoms with Crippen LogP contribution in [0.1, 0.15) is 17.5 Å². The van der Waals surface area contributed by atoms with Gasteiger partial charge < -0.3 is 42.1 Å². The monoisotopic (exact) mass is 515 g/mol. The van der Waals surface area contributed by atoms with Crippen molar-refractivity contribution in [1.82, 2.24) is 4.90 Å². The molecule has 3 unspecified atom stereocenters. The van der Waals surface area contributed by atoms with Gasteiger partial charge in [-0.1, -0.05) is 0 Å². The quantitative estimate of drug-likeness (QED) is 0.202. The molecule has 1 fully saturated rings. The molecule has 198 valence electrons. The largest absolute Gasteiger partial charge is 0.508 e. The van der Waals surface area contributed by atoms with Crippen LogP contribution in [0.2, 0.25) is 0 Å². The van der Waals surface area contributed by atoms with Crippen molar-refractivity contribution in [3.8, 4) is 5.75 Å². The number of aromatic hydroxyl groups is 1. The number of urea groups is 1. The van der Waals surface area contributed by atoms with Gasteiger partial charge in [0, 0.05) is 31.3 Å². The number of primary amides is 2. The maximum atomic E-state index is 13.9. The number of aliphatic hydroxyl groups is 3. The van der Waals surface area contributed by atoms with E-state index in [1.165, 1.54) is 25.1 Å². The highest BCUT2D eigenvalue weighted by Gasteiger charge is 2.64. The number of hydrogen-bond donors (Lipinski definition) is 7. The number of rotatable bonds is 4. The second-order valence-electron chi connectivity index (χ2n) is 9.99. The fourth-order valence-electron chi connectivity index (χ4n) is 5.92. The lowest BCUT2D eigenvalue weighted by Gasteiger charge is -2.50. The first kappa shape index (κ1) is 26.0. The van der Waals surface area contributed by atoms with E-state index in [2.05, 4.69) is 5.32 Å². The standard InChI is InChI=1S/C24H29N5O8/c1-28(2)12-7-11(27-23(26)36)17(30)14-9(12)5-8-6-10-16(29(3)4)19(32)15(22(25)35)21(34)24(10,37)20(33)13(8)18(14)31/h7-8,10,16,30-31,34,37H,5-6H2,1-4H3,(H2,25,35)(H3,26,27,36)/t8?,10?,16-,24?/m0/s1. The average Bonchev–Trinajstić information content (AvgIpc) is 2.77. The zero-order valence-corrected chi connectivity index (χ0v) is 20.7. The van der Waals surface area contributed by atoms with Gasteiger partial charge in [0.2, 0.25) is 5.78 Å². The van der Waals surface area contributed by atoms with Crippen LogP contribution in [-0.2, 0) is 20.8 Å². The third-order valence-electron chi connectivity index (χ3n) is 7.44. The zero-order valence-electron chi connectivity index (χ0n) is 20.7. The summed E-state index contributed by atoms with van der Waals surface area (Å²) in [5.41, 5.74) is 7.34. The zero-order chi connectivity index (χ0) is 27.7. The molecule has 3 aliphatic carbocycles.